The van der Waals surface area contributed by atoms with Crippen LogP contribution >= 0.6 is 0 Å². The van der Waals surface area contributed by atoms with E-state index >= 15 is 0 Å². The summed E-state index contributed by atoms with van der Waals surface area (Å²) in [5.74, 6) is 0. The Bertz CT molecular complexity index is 610. The molecule has 2 rings (SSSR count). The Hall–Kier alpha value is -1.69. The van der Waals surface area contributed by atoms with Gasteiger partial charge in [-0.05, 0) is 32.8 Å². The molecule has 5 nitrogen and oxygen atoms in total. The van der Waals surface area contributed by atoms with Gasteiger partial charge in [-0.3, -0.25) is 4.68 Å². The summed E-state index contributed by atoms with van der Waals surface area (Å²) in [6, 6.07) is 9.92. The zero-order chi connectivity index (χ0) is 16.8. The van der Waals surface area contributed by atoms with Gasteiger partial charge in [0, 0.05) is 23.8 Å². The fraction of sp³-hybridized carbons (Fsp3) is 0.500. The van der Waals surface area contributed by atoms with E-state index in [4.69, 9.17) is 5.11 Å². The molecule has 0 aliphatic carbocycles. The summed E-state index contributed by atoms with van der Waals surface area (Å²) in [5, 5.41) is 27.3. The fourth-order valence-corrected chi connectivity index (χ4v) is 2.81. The molecule has 126 valence electrons. The van der Waals surface area contributed by atoms with Crippen LogP contribution in [0.1, 0.15) is 42.0 Å². The maximum atomic E-state index is 10.3. The maximum absolute atomic E-state index is 10.3. The van der Waals surface area contributed by atoms with Gasteiger partial charge in [-0.25, -0.2) is 0 Å². The molecule has 0 bridgehead atoms. The van der Waals surface area contributed by atoms with Crippen LogP contribution in [0.2, 0.25) is 0 Å². The molecule has 0 saturated heterocycles. The lowest BCUT2D eigenvalue weighted by Gasteiger charge is -2.18. The molecule has 2 unspecified atom stereocenters. The molecule has 0 amide bonds. The molecule has 3 N–H and O–H groups in total. The van der Waals surface area contributed by atoms with Crippen molar-refractivity contribution in [3.8, 4) is 0 Å². The number of hydrogen-bond donors (Lipinski definition) is 3. The Balaban J connectivity index is 1.91. The molecule has 0 spiro atoms. The lowest BCUT2D eigenvalue weighted by Crippen LogP contribution is -2.28. The van der Waals surface area contributed by atoms with Crippen molar-refractivity contribution >= 4 is 0 Å². The van der Waals surface area contributed by atoms with Crippen LogP contribution < -0.4 is 5.32 Å². The maximum Gasteiger partial charge on any atom is 0.0804 e. The van der Waals surface area contributed by atoms with E-state index < -0.39 is 6.10 Å². The monoisotopic (exact) mass is 317 g/mol. The summed E-state index contributed by atoms with van der Waals surface area (Å²) in [7, 11) is 0. The van der Waals surface area contributed by atoms with Crippen molar-refractivity contribution < 1.29 is 10.2 Å². The molecule has 0 saturated carbocycles. The minimum absolute atomic E-state index is 0.0918. The zero-order valence-corrected chi connectivity index (χ0v) is 14.2. The number of aromatic nitrogens is 2. The van der Waals surface area contributed by atoms with E-state index in [9.17, 15) is 5.11 Å². The number of benzene rings is 1. The quantitative estimate of drug-likeness (QED) is 0.697. The summed E-state index contributed by atoms with van der Waals surface area (Å²) < 4.78 is 1.84. The second kappa shape index (κ2) is 8.24. The molecule has 0 radical (unpaired) electrons. The SMILES string of the molecule is Cc1nn(CCO)c(C)c1CNC(C)CC(O)c1ccccc1. The highest BCUT2D eigenvalue weighted by Crippen LogP contribution is 2.18. The van der Waals surface area contributed by atoms with Gasteiger partial charge in [0.15, 0.2) is 0 Å². The topological polar surface area (TPSA) is 70.3 Å². The molecular formula is C18H27N3O2. The molecule has 1 aromatic carbocycles. The summed E-state index contributed by atoms with van der Waals surface area (Å²) in [4.78, 5) is 0. The summed E-state index contributed by atoms with van der Waals surface area (Å²) in [6.07, 6.45) is 0.199. The average molecular weight is 317 g/mol. The predicted octanol–water partition coefficient (Wildman–Crippen LogP) is 2.09. The van der Waals surface area contributed by atoms with Crippen LogP contribution in [0, 0.1) is 13.8 Å². The third kappa shape index (κ3) is 4.64. The van der Waals surface area contributed by atoms with Gasteiger partial charge in [-0.1, -0.05) is 30.3 Å². The number of nitrogens with one attached hydrogen (secondary N) is 1. The van der Waals surface area contributed by atoms with E-state index in [1.165, 1.54) is 5.56 Å². The number of hydrogen-bond acceptors (Lipinski definition) is 4. The van der Waals surface area contributed by atoms with E-state index in [2.05, 4.69) is 17.3 Å². The van der Waals surface area contributed by atoms with Gasteiger partial charge in [0.05, 0.1) is 24.9 Å². The molecule has 1 heterocycles. The third-order valence-corrected chi connectivity index (χ3v) is 4.23. The molecule has 0 aliphatic rings. The third-order valence-electron chi connectivity index (χ3n) is 4.23. The Morgan fingerprint density at radius 3 is 2.57 bits per heavy atom. The van der Waals surface area contributed by atoms with Gasteiger partial charge in [0.25, 0.3) is 0 Å². The highest BCUT2D eigenvalue weighted by Gasteiger charge is 2.15. The van der Waals surface area contributed by atoms with Crippen LogP contribution in [-0.2, 0) is 13.1 Å². The van der Waals surface area contributed by atoms with Crippen molar-refractivity contribution in [3.05, 3.63) is 52.8 Å². The fourth-order valence-electron chi connectivity index (χ4n) is 2.81. The van der Waals surface area contributed by atoms with Crippen molar-refractivity contribution in [3.63, 3.8) is 0 Å². The molecule has 23 heavy (non-hydrogen) atoms. The normalized spacial score (nSPS) is 14.0. The Labute approximate surface area is 138 Å². The Morgan fingerprint density at radius 1 is 1.22 bits per heavy atom. The minimum atomic E-state index is -0.460. The van der Waals surface area contributed by atoms with Gasteiger partial charge in [-0.15, -0.1) is 0 Å². The molecule has 2 atom stereocenters. The number of rotatable bonds is 8. The van der Waals surface area contributed by atoms with Gasteiger partial charge >= 0.3 is 0 Å². The Morgan fingerprint density at radius 2 is 1.91 bits per heavy atom. The molecular weight excluding hydrogens is 290 g/mol. The van der Waals surface area contributed by atoms with E-state index in [0.717, 1.165) is 17.0 Å². The first-order chi connectivity index (χ1) is 11.0. The standard InChI is InChI=1S/C18H27N3O2/c1-13(11-18(23)16-7-5-4-6-8-16)19-12-17-14(2)20-21(9-10-22)15(17)3/h4-8,13,18-19,22-23H,9-12H2,1-3H3. The van der Waals surface area contributed by atoms with Crippen LogP contribution in [0.25, 0.3) is 0 Å². The van der Waals surface area contributed by atoms with Crippen LogP contribution in [0.4, 0.5) is 0 Å². The number of aliphatic hydroxyl groups is 2. The number of aryl methyl sites for hydroxylation is 1. The molecule has 5 heteroatoms. The smallest absolute Gasteiger partial charge is 0.0804 e. The van der Waals surface area contributed by atoms with E-state index in [0.29, 0.717) is 19.5 Å². The lowest BCUT2D eigenvalue weighted by molar-refractivity contribution is 0.154. The summed E-state index contributed by atoms with van der Waals surface area (Å²) in [6.45, 7) is 7.42. The first kappa shape index (κ1) is 17.7. The van der Waals surface area contributed by atoms with Crippen molar-refractivity contribution in [1.82, 2.24) is 15.1 Å². The van der Waals surface area contributed by atoms with Gasteiger partial charge in [0.1, 0.15) is 0 Å². The number of nitrogens with zero attached hydrogens (tertiary/aromatic N) is 2. The minimum Gasteiger partial charge on any atom is -0.394 e. The van der Waals surface area contributed by atoms with E-state index in [1.807, 2.05) is 48.9 Å². The molecule has 0 aliphatic heterocycles. The Kier molecular flexibility index (Phi) is 6.33. The first-order valence-corrected chi connectivity index (χ1v) is 8.13. The molecule has 2 aromatic rings. The summed E-state index contributed by atoms with van der Waals surface area (Å²) in [5.41, 5.74) is 4.18. The van der Waals surface area contributed by atoms with Crippen molar-refractivity contribution in [2.24, 2.45) is 0 Å². The van der Waals surface area contributed by atoms with Crippen molar-refractivity contribution in [2.75, 3.05) is 6.61 Å². The van der Waals surface area contributed by atoms with Gasteiger partial charge < -0.3 is 15.5 Å². The highest BCUT2D eigenvalue weighted by atomic mass is 16.3. The lowest BCUT2D eigenvalue weighted by atomic mass is 10.0. The van der Waals surface area contributed by atoms with Crippen molar-refractivity contribution in [2.45, 2.75) is 52.4 Å². The first-order valence-electron chi connectivity index (χ1n) is 8.13. The second-order valence-electron chi connectivity index (χ2n) is 6.04. The molecule has 1 aromatic heterocycles. The van der Waals surface area contributed by atoms with E-state index in [-0.39, 0.29) is 12.6 Å². The summed E-state index contributed by atoms with van der Waals surface area (Å²) >= 11 is 0. The van der Waals surface area contributed by atoms with Crippen LogP contribution in [-0.4, -0.2) is 32.6 Å². The van der Waals surface area contributed by atoms with Crippen LogP contribution in [0.3, 0.4) is 0 Å². The van der Waals surface area contributed by atoms with Gasteiger partial charge in [0.2, 0.25) is 0 Å². The highest BCUT2D eigenvalue weighted by molar-refractivity contribution is 5.24. The second-order valence-corrected chi connectivity index (χ2v) is 6.04. The van der Waals surface area contributed by atoms with E-state index in [1.54, 1.807) is 0 Å². The van der Waals surface area contributed by atoms with Gasteiger partial charge in [-0.2, -0.15) is 5.10 Å². The van der Waals surface area contributed by atoms with Crippen molar-refractivity contribution in [1.29, 1.82) is 0 Å². The van der Waals surface area contributed by atoms with Crippen LogP contribution in [0.15, 0.2) is 30.3 Å². The molecule has 0 fully saturated rings. The predicted molar refractivity (Wildman–Crippen MR) is 91.1 cm³/mol. The van der Waals surface area contributed by atoms with Crippen LogP contribution in [0.5, 0.6) is 0 Å². The zero-order valence-electron chi connectivity index (χ0n) is 14.2. The average Bonchev–Trinajstić information content (AvgIpc) is 2.80. The number of aliphatic hydroxyl groups excluding tert-OH is 2. The largest absolute Gasteiger partial charge is 0.394 e.